The molecule has 0 fully saturated rings. The zero-order chi connectivity index (χ0) is 15.5. The first kappa shape index (κ1) is 14.1. The Hall–Kier alpha value is -2.84. The van der Waals surface area contributed by atoms with Gasteiger partial charge in [-0.25, -0.2) is 9.83 Å². The average Bonchev–Trinajstić information content (AvgIpc) is 2.92. The number of nitrogens with one attached hydrogen (secondary N) is 2. The number of halogens is 1. The third-order valence-corrected chi connectivity index (χ3v) is 3.37. The van der Waals surface area contributed by atoms with Crippen LogP contribution in [0.3, 0.4) is 0 Å². The predicted molar refractivity (Wildman–Crippen MR) is 87.6 cm³/mol. The fourth-order valence-corrected chi connectivity index (χ4v) is 2.36. The molecule has 0 saturated carbocycles. The normalized spacial score (nSPS) is 10.2. The van der Waals surface area contributed by atoms with Crippen molar-refractivity contribution in [3.63, 3.8) is 0 Å². The highest BCUT2D eigenvalue weighted by Crippen LogP contribution is 2.37. The maximum Gasteiger partial charge on any atom is 0.231 e. The molecule has 0 aliphatic carbocycles. The van der Waals surface area contributed by atoms with Gasteiger partial charge in [0.05, 0.1) is 6.57 Å². The monoisotopic (exact) mass is 309 g/mol. The van der Waals surface area contributed by atoms with E-state index in [-0.39, 0.29) is 5.15 Å². The lowest BCUT2D eigenvalue weighted by Crippen LogP contribution is -1.95. The van der Waals surface area contributed by atoms with Crippen LogP contribution in [0.5, 0.6) is 0 Å². The molecule has 3 aromatic rings. The number of anilines is 2. The Kier molecular flexibility index (Phi) is 3.77. The fourth-order valence-electron chi connectivity index (χ4n) is 2.13. The Morgan fingerprint density at radius 3 is 2.59 bits per heavy atom. The summed E-state index contributed by atoms with van der Waals surface area (Å²) >= 11 is 6.16. The summed E-state index contributed by atoms with van der Waals surface area (Å²) in [5, 5.41) is 10.2. The van der Waals surface area contributed by atoms with Crippen LogP contribution in [0.4, 0.5) is 17.3 Å². The lowest BCUT2D eigenvalue weighted by atomic mass is 10.1. The van der Waals surface area contributed by atoms with E-state index in [1.807, 2.05) is 43.3 Å². The molecular weight excluding hydrogens is 298 g/mol. The smallest absolute Gasteiger partial charge is 0.231 e. The summed E-state index contributed by atoms with van der Waals surface area (Å²) in [6.45, 7) is 9.25. The molecule has 6 heteroatoms. The van der Waals surface area contributed by atoms with Crippen LogP contribution in [0, 0.1) is 13.5 Å². The second-order valence-electron chi connectivity index (χ2n) is 4.73. The molecule has 2 heterocycles. The van der Waals surface area contributed by atoms with Crippen molar-refractivity contribution in [2.24, 2.45) is 0 Å². The summed E-state index contributed by atoms with van der Waals surface area (Å²) < 4.78 is 0. The SMILES string of the molecule is [C-]#[N+]c1c(-c2ccccc2)cc(Nc2cc(C)[nH]n2)nc1Cl. The molecule has 2 aromatic heterocycles. The number of benzene rings is 1. The van der Waals surface area contributed by atoms with Crippen LogP contribution in [-0.2, 0) is 0 Å². The topological polar surface area (TPSA) is 58.0 Å². The summed E-state index contributed by atoms with van der Waals surface area (Å²) in [7, 11) is 0. The quantitative estimate of drug-likeness (QED) is 0.543. The molecular formula is C16H12ClN5. The van der Waals surface area contributed by atoms with Crippen molar-refractivity contribution in [2.75, 3.05) is 5.32 Å². The summed E-state index contributed by atoms with van der Waals surface area (Å²) in [4.78, 5) is 7.73. The van der Waals surface area contributed by atoms with E-state index >= 15 is 0 Å². The predicted octanol–water partition coefficient (Wildman–Crippen LogP) is 4.73. The van der Waals surface area contributed by atoms with E-state index in [0.717, 1.165) is 16.8 Å². The highest BCUT2D eigenvalue weighted by atomic mass is 35.5. The molecule has 1 aromatic carbocycles. The van der Waals surface area contributed by atoms with E-state index in [1.54, 1.807) is 6.07 Å². The lowest BCUT2D eigenvalue weighted by molar-refractivity contribution is 1.05. The van der Waals surface area contributed by atoms with Gasteiger partial charge in [-0.2, -0.15) is 5.10 Å². The Labute approximate surface area is 132 Å². The highest BCUT2D eigenvalue weighted by Gasteiger charge is 2.13. The van der Waals surface area contributed by atoms with Crippen molar-refractivity contribution in [2.45, 2.75) is 6.92 Å². The van der Waals surface area contributed by atoms with Crippen LogP contribution in [0.2, 0.25) is 5.15 Å². The van der Waals surface area contributed by atoms with Crippen LogP contribution in [-0.4, -0.2) is 15.2 Å². The first-order valence-electron chi connectivity index (χ1n) is 6.60. The van der Waals surface area contributed by atoms with Crippen molar-refractivity contribution < 1.29 is 0 Å². The third-order valence-electron chi connectivity index (χ3n) is 3.11. The van der Waals surface area contributed by atoms with Gasteiger partial charge in [-0.15, -0.1) is 0 Å². The number of hydrogen-bond donors (Lipinski definition) is 2. The summed E-state index contributed by atoms with van der Waals surface area (Å²) in [6.07, 6.45) is 0. The van der Waals surface area contributed by atoms with E-state index in [9.17, 15) is 0 Å². The van der Waals surface area contributed by atoms with Gasteiger partial charge < -0.3 is 5.32 Å². The van der Waals surface area contributed by atoms with Gasteiger partial charge in [-0.1, -0.05) is 41.9 Å². The molecule has 5 nitrogen and oxygen atoms in total. The van der Waals surface area contributed by atoms with Gasteiger partial charge in [0.15, 0.2) is 5.82 Å². The van der Waals surface area contributed by atoms with Crippen molar-refractivity contribution >= 4 is 28.9 Å². The number of hydrogen-bond acceptors (Lipinski definition) is 3. The fraction of sp³-hybridized carbons (Fsp3) is 0.0625. The van der Waals surface area contributed by atoms with Crippen LogP contribution in [0.1, 0.15) is 5.69 Å². The average molecular weight is 310 g/mol. The molecule has 0 saturated heterocycles. The van der Waals surface area contributed by atoms with E-state index in [4.69, 9.17) is 18.2 Å². The molecule has 0 amide bonds. The van der Waals surface area contributed by atoms with Crippen LogP contribution >= 0.6 is 11.6 Å². The summed E-state index contributed by atoms with van der Waals surface area (Å²) in [6, 6.07) is 13.3. The highest BCUT2D eigenvalue weighted by molar-refractivity contribution is 6.33. The number of H-pyrrole nitrogens is 1. The molecule has 0 unspecified atom stereocenters. The number of nitrogens with zero attached hydrogens (tertiary/aromatic N) is 3. The zero-order valence-electron chi connectivity index (χ0n) is 11.8. The minimum absolute atomic E-state index is 0.172. The number of aromatic amines is 1. The second-order valence-corrected chi connectivity index (χ2v) is 5.09. The van der Waals surface area contributed by atoms with Crippen molar-refractivity contribution in [3.8, 4) is 11.1 Å². The van der Waals surface area contributed by atoms with E-state index in [1.165, 1.54) is 0 Å². The molecule has 0 aliphatic heterocycles. The number of aromatic nitrogens is 3. The Balaban J connectivity index is 2.07. The van der Waals surface area contributed by atoms with Gasteiger partial charge >= 0.3 is 0 Å². The van der Waals surface area contributed by atoms with Crippen molar-refractivity contribution in [1.82, 2.24) is 15.2 Å². The molecule has 108 valence electrons. The maximum atomic E-state index is 7.33. The second kappa shape index (κ2) is 5.88. The third kappa shape index (κ3) is 2.78. The largest absolute Gasteiger partial charge is 0.323 e. The number of aryl methyl sites for hydroxylation is 1. The van der Waals surface area contributed by atoms with Crippen molar-refractivity contribution in [3.05, 3.63) is 64.7 Å². The lowest BCUT2D eigenvalue weighted by Gasteiger charge is -2.09. The standard InChI is InChI=1S/C16H12ClN5/c1-10-8-14(22-21-10)19-13-9-12(11-6-4-3-5-7-11)15(18-2)16(17)20-13/h3-9H,1H3,(H2,19,20,21,22). The zero-order valence-corrected chi connectivity index (χ0v) is 12.5. The molecule has 0 aliphatic rings. The van der Waals surface area contributed by atoms with Gasteiger partial charge in [0, 0.05) is 11.8 Å². The van der Waals surface area contributed by atoms with Crippen molar-refractivity contribution in [1.29, 1.82) is 0 Å². The Morgan fingerprint density at radius 2 is 1.95 bits per heavy atom. The molecule has 0 spiro atoms. The minimum atomic E-state index is 0.172. The summed E-state index contributed by atoms with van der Waals surface area (Å²) in [5.41, 5.74) is 2.94. The van der Waals surface area contributed by atoms with Gasteiger partial charge in [-0.05, 0) is 24.1 Å². The molecule has 3 rings (SSSR count). The van der Waals surface area contributed by atoms with Gasteiger partial charge in [-0.3, -0.25) is 5.10 Å². The minimum Gasteiger partial charge on any atom is -0.323 e. The molecule has 22 heavy (non-hydrogen) atoms. The van der Waals surface area contributed by atoms with Gasteiger partial charge in [0.25, 0.3) is 0 Å². The van der Waals surface area contributed by atoms with Crippen LogP contribution < -0.4 is 5.32 Å². The maximum absolute atomic E-state index is 7.33. The van der Waals surface area contributed by atoms with Crippen LogP contribution in [0.25, 0.3) is 16.0 Å². The molecule has 2 N–H and O–H groups in total. The first-order chi connectivity index (χ1) is 10.7. The van der Waals surface area contributed by atoms with E-state index in [2.05, 4.69) is 25.3 Å². The van der Waals surface area contributed by atoms with Gasteiger partial charge in [0.2, 0.25) is 5.69 Å². The molecule has 0 bridgehead atoms. The van der Waals surface area contributed by atoms with Gasteiger partial charge in [0.1, 0.15) is 11.0 Å². The molecule has 0 radical (unpaired) electrons. The van der Waals surface area contributed by atoms with E-state index < -0.39 is 0 Å². The Bertz CT molecular complexity index is 849. The van der Waals surface area contributed by atoms with Crippen LogP contribution in [0.15, 0.2) is 42.5 Å². The number of rotatable bonds is 3. The number of pyridine rings is 1. The first-order valence-corrected chi connectivity index (χ1v) is 6.97. The Morgan fingerprint density at radius 1 is 1.18 bits per heavy atom. The van der Waals surface area contributed by atoms with E-state index in [0.29, 0.717) is 17.3 Å². The molecule has 0 atom stereocenters. The summed E-state index contributed by atoms with van der Waals surface area (Å²) in [5.74, 6) is 1.19.